The molecule has 1 N–H and O–H groups in total. The number of hydrogen-bond acceptors (Lipinski definition) is 4. The van der Waals surface area contributed by atoms with Crippen LogP contribution in [0.15, 0.2) is 4.42 Å². The van der Waals surface area contributed by atoms with Crippen molar-refractivity contribution < 1.29 is 4.42 Å². The highest BCUT2D eigenvalue weighted by Crippen LogP contribution is 2.41. The van der Waals surface area contributed by atoms with Crippen molar-refractivity contribution in [3.63, 3.8) is 0 Å². The summed E-state index contributed by atoms with van der Waals surface area (Å²) in [5, 5.41) is 11.7. The highest BCUT2D eigenvalue weighted by molar-refractivity contribution is 4.97. The van der Waals surface area contributed by atoms with E-state index in [1.165, 1.54) is 25.7 Å². The van der Waals surface area contributed by atoms with E-state index < -0.39 is 0 Å². The second kappa shape index (κ2) is 4.17. The first-order valence-corrected chi connectivity index (χ1v) is 6.38. The average Bonchev–Trinajstić information content (AvgIpc) is 3.17. The number of nitrogens with zero attached hydrogens (tertiary/aromatic N) is 2. The molecule has 0 aromatic carbocycles. The lowest BCUT2D eigenvalue weighted by Gasteiger charge is -2.02. The summed E-state index contributed by atoms with van der Waals surface area (Å²) >= 11 is 0. The Labute approximate surface area is 95.8 Å². The van der Waals surface area contributed by atoms with E-state index in [1.807, 2.05) is 0 Å². The van der Waals surface area contributed by atoms with E-state index in [2.05, 4.69) is 22.4 Å². The van der Waals surface area contributed by atoms with Gasteiger partial charge in [0, 0.05) is 24.9 Å². The second-order valence-electron chi connectivity index (χ2n) is 5.14. The molecule has 2 aliphatic carbocycles. The summed E-state index contributed by atoms with van der Waals surface area (Å²) in [5.74, 6) is 2.87. The second-order valence-corrected chi connectivity index (χ2v) is 5.14. The van der Waals surface area contributed by atoms with Crippen LogP contribution in [0.5, 0.6) is 0 Å². The van der Waals surface area contributed by atoms with Gasteiger partial charge in [-0.05, 0) is 31.6 Å². The van der Waals surface area contributed by atoms with Gasteiger partial charge in [-0.3, -0.25) is 0 Å². The van der Waals surface area contributed by atoms with E-state index in [1.54, 1.807) is 0 Å². The summed E-state index contributed by atoms with van der Waals surface area (Å²) in [6.07, 6.45) is 6.16. The molecular weight excluding hydrogens is 202 g/mol. The van der Waals surface area contributed by atoms with Crippen molar-refractivity contribution >= 4 is 0 Å². The Morgan fingerprint density at radius 1 is 1.31 bits per heavy atom. The van der Waals surface area contributed by atoms with Crippen molar-refractivity contribution in [3.05, 3.63) is 11.8 Å². The van der Waals surface area contributed by atoms with Crippen LogP contribution in [0.25, 0.3) is 0 Å². The van der Waals surface area contributed by atoms with E-state index in [0.717, 1.165) is 36.7 Å². The Hall–Kier alpha value is -0.900. The van der Waals surface area contributed by atoms with Crippen LogP contribution in [-0.4, -0.2) is 22.8 Å². The van der Waals surface area contributed by atoms with E-state index >= 15 is 0 Å². The van der Waals surface area contributed by atoms with Crippen LogP contribution < -0.4 is 5.32 Å². The Bertz CT molecular complexity index is 355. The lowest BCUT2D eigenvalue weighted by atomic mass is 10.1. The quantitative estimate of drug-likeness (QED) is 0.796. The van der Waals surface area contributed by atoms with E-state index in [-0.39, 0.29) is 0 Å². The maximum atomic E-state index is 5.69. The fraction of sp³-hybridized carbons (Fsp3) is 0.833. The molecule has 2 aliphatic rings. The summed E-state index contributed by atoms with van der Waals surface area (Å²) in [7, 11) is 0. The molecule has 1 heterocycles. The molecule has 1 aromatic heterocycles. The predicted molar refractivity (Wildman–Crippen MR) is 60.2 cm³/mol. The summed E-state index contributed by atoms with van der Waals surface area (Å²) < 4.78 is 5.69. The number of hydrogen-bond donors (Lipinski definition) is 1. The number of aromatic nitrogens is 2. The number of rotatable bonds is 6. The highest BCUT2D eigenvalue weighted by atomic mass is 16.4. The van der Waals surface area contributed by atoms with Gasteiger partial charge in [0.15, 0.2) is 0 Å². The molecule has 3 rings (SSSR count). The lowest BCUT2D eigenvalue weighted by Crippen LogP contribution is -2.19. The van der Waals surface area contributed by atoms with E-state index in [9.17, 15) is 0 Å². The Kier molecular flexibility index (Phi) is 2.67. The topological polar surface area (TPSA) is 51.0 Å². The van der Waals surface area contributed by atoms with Gasteiger partial charge in [-0.1, -0.05) is 6.92 Å². The molecule has 0 spiro atoms. The molecular formula is C12H19N3O. The van der Waals surface area contributed by atoms with Crippen molar-refractivity contribution in [1.82, 2.24) is 15.5 Å². The zero-order chi connectivity index (χ0) is 11.0. The maximum Gasteiger partial charge on any atom is 0.219 e. The minimum absolute atomic E-state index is 0.456. The predicted octanol–water partition coefficient (Wildman–Crippen LogP) is 1.88. The van der Waals surface area contributed by atoms with Gasteiger partial charge in [0.25, 0.3) is 0 Å². The first-order chi connectivity index (χ1) is 7.83. The minimum atomic E-state index is 0.456. The molecule has 0 bridgehead atoms. The van der Waals surface area contributed by atoms with Gasteiger partial charge in [0.1, 0.15) is 0 Å². The van der Waals surface area contributed by atoms with Crippen molar-refractivity contribution in [2.75, 3.05) is 6.54 Å². The molecule has 0 aliphatic heterocycles. The molecule has 4 heteroatoms. The zero-order valence-corrected chi connectivity index (χ0v) is 9.78. The van der Waals surface area contributed by atoms with Gasteiger partial charge in [-0.15, -0.1) is 10.2 Å². The van der Waals surface area contributed by atoms with Crippen molar-refractivity contribution in [1.29, 1.82) is 0 Å². The van der Waals surface area contributed by atoms with Crippen LogP contribution in [0, 0.1) is 5.92 Å². The molecule has 1 unspecified atom stereocenters. The standard InChI is InChI=1S/C12H19N3O/c1-8(9-2-3-9)12-15-14-11(16-12)6-7-13-10-4-5-10/h8-10,13H,2-7H2,1H3. The van der Waals surface area contributed by atoms with Gasteiger partial charge >= 0.3 is 0 Å². The third-order valence-electron chi connectivity index (χ3n) is 3.55. The lowest BCUT2D eigenvalue weighted by molar-refractivity contribution is 0.405. The van der Waals surface area contributed by atoms with Crippen LogP contribution in [0.1, 0.15) is 50.3 Å². The van der Waals surface area contributed by atoms with Crippen molar-refractivity contribution in [3.8, 4) is 0 Å². The van der Waals surface area contributed by atoms with Crippen LogP contribution >= 0.6 is 0 Å². The van der Waals surface area contributed by atoms with Crippen molar-refractivity contribution in [2.24, 2.45) is 5.92 Å². The summed E-state index contributed by atoms with van der Waals surface area (Å²) in [5.41, 5.74) is 0. The molecule has 1 aromatic rings. The molecule has 0 saturated heterocycles. The smallest absolute Gasteiger partial charge is 0.219 e. The number of nitrogens with one attached hydrogen (secondary N) is 1. The highest BCUT2D eigenvalue weighted by Gasteiger charge is 2.32. The largest absolute Gasteiger partial charge is 0.425 e. The monoisotopic (exact) mass is 221 g/mol. The molecule has 0 amide bonds. The fourth-order valence-corrected chi connectivity index (χ4v) is 2.02. The molecule has 1 atom stereocenters. The summed E-state index contributed by atoms with van der Waals surface area (Å²) in [6.45, 7) is 3.15. The minimum Gasteiger partial charge on any atom is -0.425 e. The molecule has 88 valence electrons. The third-order valence-corrected chi connectivity index (χ3v) is 3.55. The Morgan fingerprint density at radius 2 is 2.12 bits per heavy atom. The van der Waals surface area contributed by atoms with Crippen LogP contribution in [0.3, 0.4) is 0 Å². The normalized spacial score (nSPS) is 22.3. The third kappa shape index (κ3) is 2.43. The van der Waals surface area contributed by atoms with Gasteiger partial charge in [-0.25, -0.2) is 0 Å². The summed E-state index contributed by atoms with van der Waals surface area (Å²) in [4.78, 5) is 0. The molecule has 4 nitrogen and oxygen atoms in total. The van der Waals surface area contributed by atoms with Gasteiger partial charge < -0.3 is 9.73 Å². The fourth-order valence-electron chi connectivity index (χ4n) is 2.02. The molecule has 2 fully saturated rings. The van der Waals surface area contributed by atoms with Gasteiger partial charge in [-0.2, -0.15) is 0 Å². The first kappa shape index (κ1) is 10.3. The molecule has 2 saturated carbocycles. The van der Waals surface area contributed by atoms with Crippen molar-refractivity contribution in [2.45, 2.75) is 51.0 Å². The first-order valence-electron chi connectivity index (χ1n) is 6.38. The Morgan fingerprint density at radius 3 is 2.81 bits per heavy atom. The Balaban J connectivity index is 1.50. The molecule has 0 radical (unpaired) electrons. The van der Waals surface area contributed by atoms with Gasteiger partial charge in [0.05, 0.1) is 0 Å². The van der Waals surface area contributed by atoms with E-state index in [4.69, 9.17) is 4.42 Å². The maximum absolute atomic E-state index is 5.69. The van der Waals surface area contributed by atoms with Gasteiger partial charge in [0.2, 0.25) is 11.8 Å². The summed E-state index contributed by atoms with van der Waals surface area (Å²) in [6, 6.07) is 0.757. The van der Waals surface area contributed by atoms with Crippen LogP contribution in [-0.2, 0) is 6.42 Å². The average molecular weight is 221 g/mol. The molecule has 16 heavy (non-hydrogen) atoms. The van der Waals surface area contributed by atoms with Crippen LogP contribution in [0.2, 0.25) is 0 Å². The SMILES string of the molecule is CC(c1nnc(CCNC2CC2)o1)C1CC1. The van der Waals surface area contributed by atoms with E-state index in [0.29, 0.717) is 5.92 Å². The van der Waals surface area contributed by atoms with Crippen LogP contribution in [0.4, 0.5) is 0 Å². The zero-order valence-electron chi connectivity index (χ0n) is 9.78.